The van der Waals surface area contributed by atoms with E-state index in [-0.39, 0.29) is 0 Å². The van der Waals surface area contributed by atoms with E-state index in [2.05, 4.69) is 45.2 Å². The number of aromatic nitrogens is 5. The smallest absolute Gasteiger partial charge is 0.191 e. The number of ether oxygens (including phenoxy) is 1. The summed E-state index contributed by atoms with van der Waals surface area (Å²) >= 11 is 1.65. The van der Waals surface area contributed by atoms with Gasteiger partial charge in [0.1, 0.15) is 11.4 Å². The molecule has 0 unspecified atom stereocenters. The summed E-state index contributed by atoms with van der Waals surface area (Å²) in [5.74, 6) is 2.32. The first-order valence-electron chi connectivity index (χ1n) is 10.5. The first-order chi connectivity index (χ1) is 15.8. The number of thioether (sulfide) groups is 1. The maximum absolute atomic E-state index is 5.59. The van der Waals surface area contributed by atoms with Crippen molar-refractivity contribution in [2.45, 2.75) is 23.9 Å². The minimum Gasteiger partial charge on any atom is -0.496 e. The van der Waals surface area contributed by atoms with Crippen LogP contribution in [0, 0.1) is 0 Å². The molecule has 2 aromatic carbocycles. The van der Waals surface area contributed by atoms with Crippen LogP contribution >= 0.6 is 11.8 Å². The van der Waals surface area contributed by atoms with Crippen molar-refractivity contribution in [1.82, 2.24) is 24.1 Å². The fourth-order valence-corrected chi connectivity index (χ4v) is 4.55. The summed E-state index contributed by atoms with van der Waals surface area (Å²) in [6.07, 6.45) is 4.97. The van der Waals surface area contributed by atoms with Crippen molar-refractivity contribution in [2.24, 2.45) is 0 Å². The molecule has 0 amide bonds. The van der Waals surface area contributed by atoms with E-state index in [1.54, 1.807) is 18.9 Å². The highest BCUT2D eigenvalue weighted by atomic mass is 32.2. The highest BCUT2D eigenvalue weighted by Gasteiger charge is 2.18. The van der Waals surface area contributed by atoms with Crippen LogP contribution in [-0.4, -0.2) is 31.3 Å². The van der Waals surface area contributed by atoms with Crippen molar-refractivity contribution in [3.05, 3.63) is 96.4 Å². The number of pyridine rings is 1. The minimum absolute atomic E-state index is 0.719. The molecule has 0 aliphatic carbocycles. The van der Waals surface area contributed by atoms with Crippen molar-refractivity contribution >= 4 is 17.4 Å². The molecule has 0 spiro atoms. The normalized spacial score (nSPS) is 11.2. The first kappa shape index (κ1) is 20.3. The number of para-hydroxylation sites is 1. The fraction of sp³-hybridized carbons (Fsp3) is 0.160. The van der Waals surface area contributed by atoms with Crippen LogP contribution in [0.1, 0.15) is 11.3 Å². The van der Waals surface area contributed by atoms with Crippen LogP contribution in [0.5, 0.6) is 5.75 Å². The lowest BCUT2D eigenvalue weighted by Gasteiger charge is -2.12. The molecule has 6 nitrogen and oxygen atoms in total. The number of methoxy groups -OCH3 is 1. The lowest BCUT2D eigenvalue weighted by molar-refractivity contribution is 0.415. The van der Waals surface area contributed by atoms with Gasteiger partial charge in [-0.15, -0.1) is 10.2 Å². The third-order valence-electron chi connectivity index (χ3n) is 5.29. The minimum atomic E-state index is 0.719. The van der Waals surface area contributed by atoms with Gasteiger partial charge in [0.05, 0.1) is 18.4 Å². The lowest BCUT2D eigenvalue weighted by atomic mass is 10.1. The van der Waals surface area contributed by atoms with Gasteiger partial charge in [0.2, 0.25) is 0 Å². The van der Waals surface area contributed by atoms with E-state index >= 15 is 0 Å². The Balaban J connectivity index is 1.44. The van der Waals surface area contributed by atoms with Gasteiger partial charge in [-0.2, -0.15) is 0 Å². The molecule has 0 saturated heterocycles. The van der Waals surface area contributed by atoms with E-state index < -0.39 is 0 Å². The van der Waals surface area contributed by atoms with E-state index in [0.29, 0.717) is 0 Å². The van der Waals surface area contributed by atoms with E-state index in [4.69, 9.17) is 9.72 Å². The molecule has 0 bridgehead atoms. The van der Waals surface area contributed by atoms with Gasteiger partial charge in [-0.05, 0) is 36.2 Å². The highest BCUT2D eigenvalue weighted by Crippen LogP contribution is 2.32. The second kappa shape index (κ2) is 9.28. The average molecular weight is 442 g/mol. The summed E-state index contributed by atoms with van der Waals surface area (Å²) in [7, 11) is 1.68. The average Bonchev–Trinajstić information content (AvgIpc) is 3.45. The van der Waals surface area contributed by atoms with Gasteiger partial charge in [-0.1, -0.05) is 60.3 Å². The van der Waals surface area contributed by atoms with Gasteiger partial charge < -0.3 is 13.7 Å². The Morgan fingerprint density at radius 2 is 1.72 bits per heavy atom. The van der Waals surface area contributed by atoms with Crippen LogP contribution in [0.3, 0.4) is 0 Å². The highest BCUT2D eigenvalue weighted by molar-refractivity contribution is 7.98. The summed E-state index contributed by atoms with van der Waals surface area (Å²) in [6, 6.07) is 24.4. The zero-order valence-electron chi connectivity index (χ0n) is 17.8. The Morgan fingerprint density at radius 1 is 0.906 bits per heavy atom. The Bertz CT molecular complexity index is 1300. The lowest BCUT2D eigenvalue weighted by Crippen LogP contribution is -2.06. The predicted octanol–water partition coefficient (Wildman–Crippen LogP) is 5.14. The van der Waals surface area contributed by atoms with Crippen LogP contribution < -0.4 is 4.74 Å². The van der Waals surface area contributed by atoms with Gasteiger partial charge in [0.25, 0.3) is 0 Å². The molecule has 0 saturated carbocycles. The van der Waals surface area contributed by atoms with Crippen molar-refractivity contribution in [1.29, 1.82) is 0 Å². The van der Waals surface area contributed by atoms with Crippen LogP contribution in [0.15, 0.2) is 90.3 Å². The molecular formula is C25H23N5OS. The molecule has 32 heavy (non-hydrogen) atoms. The topological polar surface area (TPSA) is 57.2 Å². The molecule has 7 heteroatoms. The molecule has 160 valence electrons. The summed E-state index contributed by atoms with van der Waals surface area (Å²) in [5.41, 5.74) is 4.18. The number of benzene rings is 2. The summed E-state index contributed by atoms with van der Waals surface area (Å²) in [4.78, 5) is 4.71. The van der Waals surface area contributed by atoms with Gasteiger partial charge in [-0.25, -0.2) is 4.98 Å². The van der Waals surface area contributed by atoms with Gasteiger partial charge in [-0.3, -0.25) is 0 Å². The van der Waals surface area contributed by atoms with E-state index in [9.17, 15) is 0 Å². The van der Waals surface area contributed by atoms with Crippen molar-refractivity contribution in [3.8, 4) is 17.1 Å². The van der Waals surface area contributed by atoms with Crippen molar-refractivity contribution in [3.63, 3.8) is 0 Å². The molecule has 0 radical (unpaired) electrons. The number of fused-ring (bicyclic) bond motifs is 1. The fourth-order valence-electron chi connectivity index (χ4n) is 3.71. The maximum Gasteiger partial charge on any atom is 0.191 e. The Labute approximate surface area is 190 Å². The third-order valence-corrected chi connectivity index (χ3v) is 6.29. The molecule has 3 aromatic heterocycles. The maximum atomic E-state index is 5.59. The Hall–Kier alpha value is -3.58. The molecule has 3 heterocycles. The number of hydrogen-bond acceptors (Lipinski definition) is 5. The number of nitrogens with zero attached hydrogens (tertiary/aromatic N) is 5. The second-order valence-electron chi connectivity index (χ2n) is 7.38. The predicted molar refractivity (Wildman–Crippen MR) is 127 cm³/mol. The van der Waals surface area contributed by atoms with Crippen molar-refractivity contribution in [2.75, 3.05) is 7.11 Å². The monoisotopic (exact) mass is 441 g/mol. The van der Waals surface area contributed by atoms with E-state index in [1.165, 1.54) is 5.56 Å². The molecule has 0 aliphatic heterocycles. The van der Waals surface area contributed by atoms with Gasteiger partial charge in [0.15, 0.2) is 11.0 Å². The van der Waals surface area contributed by atoms with Gasteiger partial charge >= 0.3 is 0 Å². The molecule has 0 fully saturated rings. The molecule has 5 rings (SSSR count). The van der Waals surface area contributed by atoms with Crippen LogP contribution in [0.4, 0.5) is 0 Å². The molecule has 0 N–H and O–H groups in total. The summed E-state index contributed by atoms with van der Waals surface area (Å²) in [6.45, 7) is 0.776. The zero-order valence-corrected chi connectivity index (χ0v) is 18.6. The Kier molecular flexibility index (Phi) is 5.89. The summed E-state index contributed by atoms with van der Waals surface area (Å²) < 4.78 is 9.81. The SMILES string of the molecule is COc1ccccc1-c1nnc(SCc2cn3ccccc3n2)n1CCc1ccccc1. The zero-order chi connectivity index (χ0) is 21.8. The van der Waals surface area contributed by atoms with Crippen LogP contribution in [0.2, 0.25) is 0 Å². The van der Waals surface area contributed by atoms with Crippen LogP contribution in [-0.2, 0) is 18.7 Å². The van der Waals surface area contributed by atoms with E-state index in [1.807, 2.05) is 59.1 Å². The largest absolute Gasteiger partial charge is 0.496 e. The number of rotatable bonds is 8. The third kappa shape index (κ3) is 4.24. The molecule has 5 aromatic rings. The van der Waals surface area contributed by atoms with Gasteiger partial charge in [0, 0.05) is 24.7 Å². The standard InChI is InChI=1S/C25H23N5OS/c1-31-22-12-6-5-11-21(22)24-27-28-25(30(24)16-14-19-9-3-2-4-10-19)32-18-20-17-29-15-8-7-13-23(29)26-20/h2-13,15,17H,14,16,18H2,1H3. The number of aryl methyl sites for hydroxylation is 1. The molecule has 0 atom stereocenters. The Morgan fingerprint density at radius 3 is 2.56 bits per heavy atom. The van der Waals surface area contributed by atoms with E-state index in [0.717, 1.165) is 52.4 Å². The number of hydrogen-bond donors (Lipinski definition) is 0. The second-order valence-corrected chi connectivity index (χ2v) is 8.32. The first-order valence-corrected chi connectivity index (χ1v) is 11.5. The molecular weight excluding hydrogens is 418 g/mol. The quantitative estimate of drug-likeness (QED) is 0.312. The number of imidazole rings is 1. The van der Waals surface area contributed by atoms with Crippen molar-refractivity contribution < 1.29 is 4.74 Å². The molecule has 0 aliphatic rings. The van der Waals surface area contributed by atoms with Crippen LogP contribution in [0.25, 0.3) is 17.0 Å². The summed E-state index contributed by atoms with van der Waals surface area (Å²) in [5, 5.41) is 9.96.